The van der Waals surface area contributed by atoms with Crippen molar-refractivity contribution in [2.24, 2.45) is 11.3 Å². The number of pyridine rings is 1. The van der Waals surface area contributed by atoms with Gasteiger partial charge in [0.15, 0.2) is 0 Å². The molecule has 2 heterocycles. The normalized spacial score (nSPS) is 18.8. The van der Waals surface area contributed by atoms with Crippen molar-refractivity contribution < 1.29 is 0 Å². The number of halogens is 2. The van der Waals surface area contributed by atoms with Crippen molar-refractivity contribution in [1.82, 2.24) is 21.0 Å². The molecule has 1 unspecified atom stereocenters. The number of rotatable bonds is 8. The van der Waals surface area contributed by atoms with Gasteiger partial charge in [-0.05, 0) is 60.8 Å². The molecule has 0 amide bonds. The fraction of sp³-hybridized carbons (Fsp3) is 0.400. The fourth-order valence-corrected chi connectivity index (χ4v) is 5.99. The largest absolute Gasteiger partial charge is 0.383 e. The minimum absolute atomic E-state index is 0.0238. The zero-order chi connectivity index (χ0) is 27.4. The Bertz CT molecular complexity index is 1500. The number of aromatic nitrogens is 1. The Morgan fingerprint density at radius 2 is 1.95 bits per heavy atom. The quantitative estimate of drug-likeness (QED) is 0.232. The van der Waals surface area contributed by atoms with Gasteiger partial charge >= 0.3 is 0 Å². The summed E-state index contributed by atoms with van der Waals surface area (Å²) >= 11 is 13.5. The average molecular weight is 563 g/mol. The number of benzene rings is 2. The number of nitrogens with zero attached hydrogens (tertiary/aromatic N) is 3. The Labute approximate surface area is 239 Å². The van der Waals surface area contributed by atoms with Crippen LogP contribution < -0.4 is 21.6 Å². The van der Waals surface area contributed by atoms with Crippen LogP contribution in [0.2, 0.25) is 10.0 Å². The molecule has 2 aromatic carbocycles. The second-order valence-electron chi connectivity index (χ2n) is 12.1. The van der Waals surface area contributed by atoms with Crippen LogP contribution in [0.15, 0.2) is 54.5 Å². The number of fused-ring (bicyclic) bond motifs is 1. The van der Waals surface area contributed by atoms with Crippen molar-refractivity contribution in [3.63, 3.8) is 0 Å². The van der Waals surface area contributed by atoms with Crippen LogP contribution in [0.25, 0.3) is 10.9 Å². The van der Waals surface area contributed by atoms with Crippen LogP contribution in [0.1, 0.15) is 63.6 Å². The van der Waals surface area contributed by atoms with Crippen LogP contribution in [0.3, 0.4) is 0 Å². The topological polar surface area (TPSA) is 88.0 Å². The maximum Gasteiger partial charge on any atom is 0.103 e. The molecule has 0 radical (unpaired) electrons. The predicted molar refractivity (Wildman–Crippen MR) is 158 cm³/mol. The molecule has 202 valence electrons. The van der Waals surface area contributed by atoms with Crippen molar-refractivity contribution in [2.45, 2.75) is 58.0 Å². The molecule has 9 heteroatoms. The average Bonchev–Trinajstić information content (AvgIpc) is 3.83. The van der Waals surface area contributed by atoms with Gasteiger partial charge in [-0.1, -0.05) is 62.2 Å². The van der Waals surface area contributed by atoms with Crippen molar-refractivity contribution in [1.29, 1.82) is 5.26 Å². The zero-order valence-corrected chi connectivity index (χ0v) is 23.9. The smallest absolute Gasteiger partial charge is 0.103 e. The van der Waals surface area contributed by atoms with E-state index in [1.165, 1.54) is 25.7 Å². The summed E-state index contributed by atoms with van der Waals surface area (Å²) in [6.45, 7) is 7.15. The Hall–Kier alpha value is -3.18. The minimum Gasteiger partial charge on any atom is -0.383 e. The standard InChI is InChI=1S/C30H33Cl2N7/c1-29(2,3)17-35-26-18(14-33)15-34-27-22(26)12-20(13-24(27)32)36-28(21-6-4-5-7-23(21)31)25-16-39(38-37-25)30(10-11-30)19-8-9-19/h4-7,12-13,15-16,19,28,36-38H,8-11,17H2,1-3H3,(H,34,35). The van der Waals surface area contributed by atoms with Crippen LogP contribution in [-0.4, -0.2) is 22.1 Å². The Balaban J connectivity index is 1.39. The summed E-state index contributed by atoms with van der Waals surface area (Å²) in [5.41, 5.74) is 11.7. The molecule has 1 aliphatic heterocycles. The first-order valence-corrected chi connectivity index (χ1v) is 14.2. The fourth-order valence-electron chi connectivity index (χ4n) is 5.48. The molecule has 1 aromatic heterocycles. The van der Waals surface area contributed by atoms with E-state index in [9.17, 15) is 5.26 Å². The number of nitrogens with one attached hydrogen (secondary N) is 4. The lowest BCUT2D eigenvalue weighted by molar-refractivity contribution is 0.156. The van der Waals surface area contributed by atoms with Gasteiger partial charge < -0.3 is 16.1 Å². The maximum absolute atomic E-state index is 9.83. The molecule has 2 saturated carbocycles. The maximum atomic E-state index is 9.83. The number of anilines is 2. The Kier molecular flexibility index (Phi) is 6.53. The van der Waals surface area contributed by atoms with E-state index in [2.05, 4.69) is 64.6 Å². The van der Waals surface area contributed by atoms with Crippen molar-refractivity contribution >= 4 is 45.5 Å². The summed E-state index contributed by atoms with van der Waals surface area (Å²) in [7, 11) is 0. The summed E-state index contributed by atoms with van der Waals surface area (Å²) in [4.78, 5) is 4.51. The van der Waals surface area contributed by atoms with Crippen molar-refractivity contribution in [2.75, 3.05) is 17.2 Å². The highest BCUT2D eigenvalue weighted by Gasteiger charge is 2.58. The van der Waals surface area contributed by atoms with Gasteiger partial charge in [-0.15, -0.1) is 5.53 Å². The lowest BCUT2D eigenvalue weighted by atomic mass is 9.96. The third-order valence-electron chi connectivity index (χ3n) is 7.85. The van der Waals surface area contributed by atoms with E-state index in [1.807, 2.05) is 36.4 Å². The monoisotopic (exact) mass is 561 g/mol. The molecule has 1 atom stereocenters. The predicted octanol–water partition coefficient (Wildman–Crippen LogP) is 7.13. The van der Waals surface area contributed by atoms with Crippen molar-refractivity contribution in [3.05, 3.63) is 75.7 Å². The first-order chi connectivity index (χ1) is 18.7. The van der Waals surface area contributed by atoms with Gasteiger partial charge in [0, 0.05) is 35.0 Å². The van der Waals surface area contributed by atoms with Crippen LogP contribution >= 0.6 is 23.2 Å². The third kappa shape index (κ3) is 5.09. The van der Waals surface area contributed by atoms with Crippen LogP contribution in [0, 0.1) is 22.7 Å². The summed E-state index contributed by atoms with van der Waals surface area (Å²) in [5, 5.41) is 21.2. The number of hydrogen-bond acceptors (Lipinski definition) is 7. The molecule has 0 bridgehead atoms. The second kappa shape index (κ2) is 9.78. The highest BCUT2D eigenvalue weighted by molar-refractivity contribution is 6.36. The molecule has 2 aliphatic carbocycles. The Morgan fingerprint density at radius 3 is 2.62 bits per heavy atom. The molecule has 7 nitrogen and oxygen atoms in total. The first kappa shape index (κ1) is 26.1. The third-order valence-corrected chi connectivity index (χ3v) is 8.48. The SMILES string of the molecule is CC(C)(C)CNc1c(C#N)cnc2c(Cl)cc(NC(C3=CN(C4(C5CC5)CC4)NN3)c3ccccc3Cl)cc12. The first-order valence-electron chi connectivity index (χ1n) is 13.5. The molecule has 0 spiro atoms. The Morgan fingerprint density at radius 1 is 1.18 bits per heavy atom. The van der Waals surface area contributed by atoms with Gasteiger partial charge in [0.05, 0.1) is 39.1 Å². The number of nitriles is 1. The summed E-state index contributed by atoms with van der Waals surface area (Å²) in [5.74, 6) is 0.759. The second-order valence-corrected chi connectivity index (χ2v) is 12.9. The molecule has 3 aromatic rings. The van der Waals surface area contributed by atoms with Gasteiger partial charge in [-0.25, -0.2) is 0 Å². The van der Waals surface area contributed by atoms with Gasteiger partial charge in [0.1, 0.15) is 6.07 Å². The molecular formula is C30H33Cl2N7. The van der Waals surface area contributed by atoms with E-state index in [4.69, 9.17) is 23.2 Å². The molecule has 0 saturated heterocycles. The molecule has 4 N–H and O–H groups in total. The molecular weight excluding hydrogens is 529 g/mol. The van der Waals surface area contributed by atoms with E-state index < -0.39 is 0 Å². The highest BCUT2D eigenvalue weighted by atomic mass is 35.5. The van der Waals surface area contributed by atoms with E-state index in [-0.39, 0.29) is 17.0 Å². The minimum atomic E-state index is -0.266. The van der Waals surface area contributed by atoms with E-state index >= 15 is 0 Å². The van der Waals surface area contributed by atoms with Gasteiger partial charge in [0.25, 0.3) is 0 Å². The van der Waals surface area contributed by atoms with Crippen LogP contribution in [-0.2, 0) is 0 Å². The lowest BCUT2D eigenvalue weighted by Crippen LogP contribution is -2.46. The van der Waals surface area contributed by atoms with E-state index in [0.717, 1.165) is 33.9 Å². The van der Waals surface area contributed by atoms with Gasteiger partial charge in [-0.3, -0.25) is 9.99 Å². The van der Waals surface area contributed by atoms with Crippen LogP contribution in [0.5, 0.6) is 0 Å². The van der Waals surface area contributed by atoms with Gasteiger partial charge in [0.2, 0.25) is 0 Å². The van der Waals surface area contributed by atoms with E-state index in [0.29, 0.717) is 27.7 Å². The molecule has 2 fully saturated rings. The number of hydrazine groups is 2. The summed E-state index contributed by atoms with van der Waals surface area (Å²) in [6.07, 6.45) is 8.78. The van der Waals surface area contributed by atoms with Gasteiger partial charge in [-0.2, -0.15) is 5.26 Å². The molecule has 39 heavy (non-hydrogen) atoms. The zero-order valence-electron chi connectivity index (χ0n) is 22.4. The number of hydrogen-bond donors (Lipinski definition) is 4. The highest BCUT2D eigenvalue weighted by Crippen LogP contribution is 2.57. The van der Waals surface area contributed by atoms with E-state index in [1.54, 1.807) is 6.20 Å². The van der Waals surface area contributed by atoms with Crippen molar-refractivity contribution in [3.8, 4) is 6.07 Å². The van der Waals surface area contributed by atoms with Crippen LogP contribution in [0.4, 0.5) is 11.4 Å². The molecule has 3 aliphatic rings. The summed E-state index contributed by atoms with van der Waals surface area (Å²) in [6, 6.07) is 13.8. The molecule has 6 rings (SSSR count). The lowest BCUT2D eigenvalue weighted by Gasteiger charge is -2.26. The summed E-state index contributed by atoms with van der Waals surface area (Å²) < 4.78 is 0.